The van der Waals surface area contributed by atoms with E-state index in [4.69, 9.17) is 9.47 Å². The number of aromatic nitrogens is 1. The average molecular weight is 493 g/mol. The number of carbonyl (C=O) groups excluding carboxylic acids is 3. The molecular weight excluding hydrogens is 468 g/mol. The zero-order valence-electron chi connectivity index (χ0n) is 19.6. The van der Waals surface area contributed by atoms with Gasteiger partial charge >= 0.3 is 11.9 Å². The Kier molecular flexibility index (Phi) is 6.70. The predicted octanol–water partition coefficient (Wildman–Crippen LogP) is 4.65. The van der Waals surface area contributed by atoms with Crippen molar-refractivity contribution in [2.45, 2.75) is 32.9 Å². The summed E-state index contributed by atoms with van der Waals surface area (Å²) in [5, 5.41) is 11.4. The van der Waals surface area contributed by atoms with E-state index in [1.165, 1.54) is 12.0 Å². The summed E-state index contributed by atoms with van der Waals surface area (Å²) < 4.78 is 10.5. The topological polar surface area (TPSA) is 106 Å². The maximum Gasteiger partial charge on any atom is 0.350 e. The molecule has 1 fully saturated rings. The van der Waals surface area contributed by atoms with Crippen molar-refractivity contribution >= 4 is 39.9 Å². The molecule has 0 radical (unpaired) electrons. The van der Waals surface area contributed by atoms with Crippen LogP contribution in [0.1, 0.15) is 46.4 Å². The summed E-state index contributed by atoms with van der Waals surface area (Å²) in [4.78, 5) is 44.4. The molecule has 1 N–H and O–H groups in total. The molecule has 4 rings (SSSR count). The number of hydrogen-bond acceptors (Lipinski definition) is 8. The van der Waals surface area contributed by atoms with Gasteiger partial charge in [-0.15, -0.1) is 0 Å². The SMILES string of the molecule is COC(=O)c1sc(N2C(=O)C(=O)/C(=C(/O)c3ccc(OC(C)C)cc3)C2c2ccccc2)nc1C. The Bertz CT molecular complexity index is 1310. The number of rotatable bonds is 6. The van der Waals surface area contributed by atoms with E-state index in [9.17, 15) is 19.5 Å². The van der Waals surface area contributed by atoms with E-state index in [-0.39, 0.29) is 27.4 Å². The van der Waals surface area contributed by atoms with Crippen LogP contribution < -0.4 is 9.64 Å². The summed E-state index contributed by atoms with van der Waals surface area (Å²) in [7, 11) is 1.26. The van der Waals surface area contributed by atoms with Gasteiger partial charge in [-0.25, -0.2) is 9.78 Å². The number of nitrogens with zero attached hydrogens (tertiary/aromatic N) is 2. The van der Waals surface area contributed by atoms with Gasteiger partial charge in [0.1, 0.15) is 16.4 Å². The number of ketones is 1. The first-order valence-electron chi connectivity index (χ1n) is 10.9. The van der Waals surface area contributed by atoms with Crippen molar-refractivity contribution in [3.63, 3.8) is 0 Å². The zero-order chi connectivity index (χ0) is 25.3. The summed E-state index contributed by atoms with van der Waals surface area (Å²) in [6.07, 6.45) is -0.0190. The van der Waals surface area contributed by atoms with E-state index in [1.807, 2.05) is 19.9 Å². The van der Waals surface area contributed by atoms with E-state index in [2.05, 4.69) is 4.98 Å². The van der Waals surface area contributed by atoms with Gasteiger partial charge in [0.05, 0.1) is 30.5 Å². The highest BCUT2D eigenvalue weighted by Gasteiger charge is 2.48. The van der Waals surface area contributed by atoms with Crippen LogP contribution in [0, 0.1) is 6.92 Å². The van der Waals surface area contributed by atoms with E-state index in [1.54, 1.807) is 55.5 Å². The lowest BCUT2D eigenvalue weighted by Gasteiger charge is -2.23. The van der Waals surface area contributed by atoms with Crippen molar-refractivity contribution in [2.75, 3.05) is 12.0 Å². The monoisotopic (exact) mass is 492 g/mol. The fourth-order valence-electron chi connectivity index (χ4n) is 3.87. The molecule has 1 aliphatic rings. The summed E-state index contributed by atoms with van der Waals surface area (Å²) in [6, 6.07) is 14.6. The number of ether oxygens (including phenoxy) is 2. The number of Topliss-reactive ketones (excluding diaryl/α,β-unsaturated/α-hetero) is 1. The van der Waals surface area contributed by atoms with Gasteiger partial charge in [0.2, 0.25) is 0 Å². The van der Waals surface area contributed by atoms with Crippen LogP contribution in [0.4, 0.5) is 5.13 Å². The Morgan fingerprint density at radius 2 is 1.74 bits per heavy atom. The third kappa shape index (κ3) is 4.54. The molecule has 1 unspecified atom stereocenters. The number of benzene rings is 2. The van der Waals surface area contributed by atoms with Gasteiger partial charge < -0.3 is 14.6 Å². The van der Waals surface area contributed by atoms with Crippen molar-refractivity contribution < 1.29 is 29.0 Å². The number of hydrogen-bond donors (Lipinski definition) is 1. The van der Waals surface area contributed by atoms with E-state index in [0.29, 0.717) is 22.6 Å². The Morgan fingerprint density at radius 3 is 2.34 bits per heavy atom. The van der Waals surface area contributed by atoms with Gasteiger partial charge in [0.25, 0.3) is 5.78 Å². The van der Waals surface area contributed by atoms with Gasteiger partial charge in [0.15, 0.2) is 5.13 Å². The van der Waals surface area contributed by atoms with Crippen molar-refractivity contribution in [3.05, 3.63) is 81.9 Å². The molecule has 0 bridgehead atoms. The second-order valence-corrected chi connectivity index (χ2v) is 9.15. The van der Waals surface area contributed by atoms with Crippen LogP contribution in [0.5, 0.6) is 5.75 Å². The standard InChI is InChI=1S/C26H24N2O6S/c1-14(2)34-18-12-10-17(11-13-18)21(29)19-20(16-8-6-5-7-9-16)28(24(31)22(19)30)26-27-15(3)23(35-26)25(32)33-4/h5-14,20,29H,1-4H3/b21-19+. The van der Waals surface area contributed by atoms with Gasteiger partial charge in [-0.1, -0.05) is 41.7 Å². The molecule has 0 saturated carbocycles. The van der Waals surface area contributed by atoms with E-state index in [0.717, 1.165) is 11.3 Å². The quantitative estimate of drug-likeness (QED) is 0.231. The molecule has 35 heavy (non-hydrogen) atoms. The third-order valence-corrected chi connectivity index (χ3v) is 6.56. The lowest BCUT2D eigenvalue weighted by molar-refractivity contribution is -0.132. The minimum atomic E-state index is -0.932. The first-order valence-corrected chi connectivity index (χ1v) is 11.7. The number of aryl methyl sites for hydroxylation is 1. The maximum absolute atomic E-state index is 13.2. The fourth-order valence-corrected chi connectivity index (χ4v) is 4.88. The summed E-state index contributed by atoms with van der Waals surface area (Å²) in [6.45, 7) is 5.43. The van der Waals surface area contributed by atoms with Crippen LogP contribution in [0.25, 0.3) is 5.76 Å². The van der Waals surface area contributed by atoms with Gasteiger partial charge in [0, 0.05) is 5.56 Å². The van der Waals surface area contributed by atoms with Crippen LogP contribution >= 0.6 is 11.3 Å². The normalized spacial score (nSPS) is 17.2. The van der Waals surface area contributed by atoms with Crippen LogP contribution in [-0.2, 0) is 14.3 Å². The number of carbonyl (C=O) groups is 3. The lowest BCUT2D eigenvalue weighted by Crippen LogP contribution is -2.29. The zero-order valence-corrected chi connectivity index (χ0v) is 20.5. The lowest BCUT2D eigenvalue weighted by atomic mass is 9.95. The Balaban J connectivity index is 1.85. The van der Waals surface area contributed by atoms with Gasteiger partial charge in [-0.3, -0.25) is 14.5 Å². The van der Waals surface area contributed by atoms with Gasteiger partial charge in [-0.2, -0.15) is 0 Å². The molecule has 0 spiro atoms. The molecule has 1 amide bonds. The summed E-state index contributed by atoms with van der Waals surface area (Å²) in [5.74, 6) is -1.96. The third-order valence-electron chi connectivity index (χ3n) is 5.42. The molecule has 0 aliphatic carbocycles. The fraction of sp³-hybridized carbons (Fsp3) is 0.231. The van der Waals surface area contributed by atoms with E-state index >= 15 is 0 Å². The first kappa shape index (κ1) is 24.2. The highest BCUT2D eigenvalue weighted by molar-refractivity contribution is 7.17. The highest BCUT2D eigenvalue weighted by Crippen LogP contribution is 2.43. The van der Waals surface area contributed by atoms with Crippen molar-refractivity contribution in [3.8, 4) is 5.75 Å². The molecule has 1 aromatic heterocycles. The predicted molar refractivity (Wildman–Crippen MR) is 132 cm³/mol. The smallest absolute Gasteiger partial charge is 0.350 e. The summed E-state index contributed by atoms with van der Waals surface area (Å²) >= 11 is 0.957. The first-order chi connectivity index (χ1) is 16.7. The molecule has 1 aliphatic heterocycles. The molecular formula is C26H24N2O6S. The van der Waals surface area contributed by atoms with Crippen molar-refractivity contribution in [2.24, 2.45) is 0 Å². The molecule has 2 heterocycles. The summed E-state index contributed by atoms with van der Waals surface area (Å²) in [5.41, 5.74) is 1.29. The largest absolute Gasteiger partial charge is 0.507 e. The second-order valence-electron chi connectivity index (χ2n) is 8.17. The molecule has 8 nitrogen and oxygen atoms in total. The minimum Gasteiger partial charge on any atom is -0.507 e. The minimum absolute atomic E-state index is 0.0190. The highest BCUT2D eigenvalue weighted by atomic mass is 32.1. The van der Waals surface area contributed by atoms with E-state index < -0.39 is 23.7 Å². The number of esters is 1. The molecule has 9 heteroatoms. The Hall–Kier alpha value is -3.98. The number of aliphatic hydroxyl groups excluding tert-OH is 1. The van der Waals surface area contributed by atoms with Gasteiger partial charge in [-0.05, 0) is 50.6 Å². The average Bonchev–Trinajstić information content (AvgIpc) is 3.35. The number of methoxy groups -OCH3 is 1. The number of amides is 1. The maximum atomic E-state index is 13.2. The number of thiazole rings is 1. The second kappa shape index (κ2) is 9.71. The molecule has 1 atom stereocenters. The van der Waals surface area contributed by atoms with Crippen LogP contribution in [0.15, 0.2) is 60.2 Å². The molecule has 1 saturated heterocycles. The van der Waals surface area contributed by atoms with Crippen LogP contribution in [0.2, 0.25) is 0 Å². The molecule has 3 aromatic rings. The number of anilines is 1. The number of aliphatic hydroxyl groups is 1. The molecule has 2 aromatic carbocycles. The Morgan fingerprint density at radius 1 is 1.09 bits per heavy atom. The molecule has 180 valence electrons. The van der Waals surface area contributed by atoms with Crippen molar-refractivity contribution in [1.29, 1.82) is 0 Å². The van der Waals surface area contributed by atoms with Crippen LogP contribution in [0.3, 0.4) is 0 Å². The van der Waals surface area contributed by atoms with Crippen LogP contribution in [-0.4, -0.2) is 41.0 Å². The van der Waals surface area contributed by atoms with Crippen molar-refractivity contribution in [1.82, 2.24) is 4.98 Å². The Labute approximate surface area is 206 Å².